The first-order valence-corrected chi connectivity index (χ1v) is 11.2. The highest BCUT2D eigenvalue weighted by atomic mass is 28.4. The van der Waals surface area contributed by atoms with E-state index in [1.54, 1.807) is 6.07 Å². The van der Waals surface area contributed by atoms with E-state index in [-0.39, 0.29) is 10.9 Å². The third-order valence-corrected chi connectivity index (χ3v) is 9.69. The van der Waals surface area contributed by atoms with Crippen LogP contribution in [0.1, 0.15) is 33.4 Å². The number of benzene rings is 2. The zero-order chi connectivity index (χ0) is 20.2. The number of carbonyl (C=O) groups is 1. The topological polar surface area (TPSA) is 64.4 Å². The van der Waals surface area contributed by atoms with Crippen LogP contribution in [0.2, 0.25) is 5.04 Å². The number of aromatic nitrogens is 1. The smallest absolute Gasteiger partial charge is 0.261 e. The van der Waals surface area contributed by atoms with Gasteiger partial charge in [0.05, 0.1) is 6.61 Å². The van der Waals surface area contributed by atoms with Crippen LogP contribution in [-0.2, 0) is 15.8 Å². The Bertz CT molecular complexity index is 878. The van der Waals surface area contributed by atoms with Crippen molar-refractivity contribution in [2.75, 3.05) is 5.32 Å². The Hall–Kier alpha value is -2.70. The average molecular weight is 395 g/mol. The largest absolute Gasteiger partial charge is 0.401 e. The maximum absolute atomic E-state index is 11.2. The second-order valence-corrected chi connectivity index (χ2v) is 12.1. The molecule has 0 radical (unpaired) electrons. The molecule has 1 amide bonds. The molecule has 0 aliphatic heterocycles. The molecule has 0 fully saturated rings. The lowest BCUT2D eigenvalue weighted by atomic mass is 10.2. The van der Waals surface area contributed by atoms with Crippen LogP contribution in [0.25, 0.3) is 0 Å². The van der Waals surface area contributed by atoms with Gasteiger partial charge in [-0.1, -0.05) is 86.6 Å². The zero-order valence-corrected chi connectivity index (χ0v) is 17.7. The Morgan fingerprint density at radius 3 is 2.04 bits per heavy atom. The summed E-state index contributed by atoms with van der Waals surface area (Å²) in [4.78, 5) is 11.2. The molecule has 0 atom stereocenters. The number of hydrogen-bond donors (Lipinski definition) is 1. The van der Waals surface area contributed by atoms with E-state index < -0.39 is 8.32 Å². The SMILES string of the molecule is CC(=O)Nc1cc(CO[Si](c2ccccc2)(c2ccccc2)C(C)(C)C)no1. The highest BCUT2D eigenvalue weighted by molar-refractivity contribution is 6.99. The maximum atomic E-state index is 11.2. The summed E-state index contributed by atoms with van der Waals surface area (Å²) >= 11 is 0. The lowest BCUT2D eigenvalue weighted by Crippen LogP contribution is -2.66. The van der Waals surface area contributed by atoms with Gasteiger partial charge in [-0.15, -0.1) is 0 Å². The van der Waals surface area contributed by atoms with Gasteiger partial charge in [0.2, 0.25) is 11.8 Å². The molecule has 2 aromatic carbocycles. The number of hydrogen-bond acceptors (Lipinski definition) is 4. The fraction of sp³-hybridized carbons (Fsp3) is 0.273. The monoisotopic (exact) mass is 394 g/mol. The third-order valence-electron chi connectivity index (χ3n) is 4.71. The van der Waals surface area contributed by atoms with Gasteiger partial charge >= 0.3 is 0 Å². The minimum Gasteiger partial charge on any atom is -0.401 e. The molecule has 3 rings (SSSR count). The predicted molar refractivity (Wildman–Crippen MR) is 113 cm³/mol. The Balaban J connectivity index is 2.01. The van der Waals surface area contributed by atoms with Crippen LogP contribution in [0.4, 0.5) is 5.88 Å². The predicted octanol–water partition coefficient (Wildman–Crippen LogP) is 3.71. The van der Waals surface area contributed by atoms with E-state index in [2.05, 4.69) is 79.8 Å². The van der Waals surface area contributed by atoms with E-state index >= 15 is 0 Å². The van der Waals surface area contributed by atoms with E-state index in [4.69, 9.17) is 8.95 Å². The summed E-state index contributed by atoms with van der Waals surface area (Å²) in [6, 6.07) is 22.6. The van der Waals surface area contributed by atoms with Crippen molar-refractivity contribution in [3.05, 3.63) is 72.4 Å². The van der Waals surface area contributed by atoms with Crippen LogP contribution in [0.3, 0.4) is 0 Å². The first kappa shape index (κ1) is 20.0. The molecule has 1 aromatic heterocycles. The number of amides is 1. The first-order chi connectivity index (χ1) is 13.3. The molecular weight excluding hydrogens is 368 g/mol. The van der Waals surface area contributed by atoms with Crippen molar-refractivity contribution in [3.63, 3.8) is 0 Å². The summed E-state index contributed by atoms with van der Waals surface area (Å²) in [5.74, 6) is 0.129. The summed E-state index contributed by atoms with van der Waals surface area (Å²) in [5.41, 5.74) is 0.650. The lowest BCUT2D eigenvalue weighted by molar-refractivity contribution is -0.114. The van der Waals surface area contributed by atoms with Gasteiger partial charge in [0.15, 0.2) is 0 Å². The molecule has 1 N–H and O–H groups in total. The average Bonchev–Trinajstić information content (AvgIpc) is 3.09. The number of carbonyl (C=O) groups excluding carboxylic acids is 1. The lowest BCUT2D eigenvalue weighted by Gasteiger charge is -2.42. The summed E-state index contributed by atoms with van der Waals surface area (Å²) in [5, 5.41) is 8.96. The van der Waals surface area contributed by atoms with E-state index in [0.29, 0.717) is 18.2 Å². The van der Waals surface area contributed by atoms with Crippen molar-refractivity contribution >= 4 is 30.5 Å². The minimum absolute atomic E-state index is 0.111. The van der Waals surface area contributed by atoms with Gasteiger partial charge in [0, 0.05) is 13.0 Å². The molecule has 28 heavy (non-hydrogen) atoms. The van der Waals surface area contributed by atoms with E-state index in [9.17, 15) is 4.79 Å². The van der Waals surface area contributed by atoms with Crippen molar-refractivity contribution in [3.8, 4) is 0 Å². The van der Waals surface area contributed by atoms with Gasteiger partial charge in [-0.2, -0.15) is 0 Å². The summed E-state index contributed by atoms with van der Waals surface area (Å²) in [6.07, 6.45) is 0. The molecule has 0 aliphatic rings. The van der Waals surface area contributed by atoms with E-state index in [0.717, 1.165) is 0 Å². The van der Waals surface area contributed by atoms with Gasteiger partial charge in [0.1, 0.15) is 5.69 Å². The molecule has 6 heteroatoms. The highest BCUT2D eigenvalue weighted by Gasteiger charge is 2.50. The molecule has 0 unspecified atom stereocenters. The summed E-state index contributed by atoms with van der Waals surface area (Å²) < 4.78 is 12.0. The van der Waals surface area contributed by atoms with Crippen molar-refractivity contribution in [2.45, 2.75) is 39.3 Å². The van der Waals surface area contributed by atoms with Crippen LogP contribution in [0, 0.1) is 0 Å². The van der Waals surface area contributed by atoms with Crippen molar-refractivity contribution in [1.29, 1.82) is 0 Å². The van der Waals surface area contributed by atoms with Crippen molar-refractivity contribution in [1.82, 2.24) is 5.16 Å². The van der Waals surface area contributed by atoms with Gasteiger partial charge in [-0.25, -0.2) is 0 Å². The normalized spacial score (nSPS) is 12.0. The van der Waals surface area contributed by atoms with E-state index in [1.165, 1.54) is 17.3 Å². The molecule has 0 aliphatic carbocycles. The molecule has 1 heterocycles. The molecule has 146 valence electrons. The van der Waals surface area contributed by atoms with Gasteiger partial charge in [0.25, 0.3) is 8.32 Å². The quantitative estimate of drug-likeness (QED) is 0.648. The maximum Gasteiger partial charge on any atom is 0.261 e. The fourth-order valence-electron chi connectivity index (χ4n) is 3.56. The summed E-state index contributed by atoms with van der Waals surface area (Å²) in [6.45, 7) is 8.41. The third kappa shape index (κ3) is 4.08. The number of nitrogens with zero attached hydrogens (tertiary/aromatic N) is 1. The molecule has 5 nitrogen and oxygen atoms in total. The Labute approximate surface area is 166 Å². The molecule has 0 saturated carbocycles. The van der Waals surface area contributed by atoms with Crippen LogP contribution in [0.15, 0.2) is 71.3 Å². The molecule has 3 aromatic rings. The van der Waals surface area contributed by atoms with Gasteiger partial charge < -0.3 is 8.95 Å². The van der Waals surface area contributed by atoms with Crippen LogP contribution in [0.5, 0.6) is 0 Å². The van der Waals surface area contributed by atoms with Crippen LogP contribution < -0.4 is 15.7 Å². The molecular formula is C22H26N2O3Si. The van der Waals surface area contributed by atoms with Crippen LogP contribution in [-0.4, -0.2) is 19.4 Å². The minimum atomic E-state index is -2.62. The number of nitrogens with one attached hydrogen (secondary N) is 1. The summed E-state index contributed by atoms with van der Waals surface area (Å²) in [7, 11) is -2.62. The molecule has 0 saturated heterocycles. The van der Waals surface area contributed by atoms with E-state index in [1.807, 2.05) is 12.1 Å². The van der Waals surface area contributed by atoms with Crippen molar-refractivity contribution in [2.24, 2.45) is 0 Å². The molecule has 0 bridgehead atoms. The van der Waals surface area contributed by atoms with Crippen molar-refractivity contribution < 1.29 is 13.7 Å². The number of anilines is 1. The Morgan fingerprint density at radius 1 is 1.04 bits per heavy atom. The van der Waals surface area contributed by atoms with Gasteiger partial charge in [-0.05, 0) is 15.4 Å². The van der Waals surface area contributed by atoms with Gasteiger partial charge in [-0.3, -0.25) is 10.1 Å². The number of rotatable bonds is 6. The fourth-order valence-corrected chi connectivity index (χ4v) is 8.08. The highest BCUT2D eigenvalue weighted by Crippen LogP contribution is 2.37. The second-order valence-electron chi connectivity index (χ2n) is 7.82. The molecule has 0 spiro atoms. The first-order valence-electron chi connectivity index (χ1n) is 9.31. The second kappa shape index (κ2) is 8.12. The van der Waals surface area contributed by atoms with Crippen LogP contribution >= 0.6 is 0 Å². The Morgan fingerprint density at radius 2 is 1.57 bits per heavy atom. The zero-order valence-electron chi connectivity index (χ0n) is 16.7. The standard InChI is InChI=1S/C22H26N2O3Si/c1-17(25)23-21-15-18(24-27-21)16-26-28(22(2,3)4,19-11-7-5-8-12-19)20-13-9-6-10-14-20/h5-15H,16H2,1-4H3,(H,23,25). The Kier molecular flexibility index (Phi) is 5.81.